The van der Waals surface area contributed by atoms with Gasteiger partial charge in [0.05, 0.1) is 7.11 Å². The van der Waals surface area contributed by atoms with Crippen LogP contribution in [0.2, 0.25) is 0 Å². The summed E-state index contributed by atoms with van der Waals surface area (Å²) in [4.78, 5) is 24.1. The van der Waals surface area contributed by atoms with Crippen molar-refractivity contribution in [3.8, 4) is 5.75 Å². The van der Waals surface area contributed by atoms with Gasteiger partial charge in [0, 0.05) is 13.6 Å². The maximum Gasteiger partial charge on any atom is 0.326 e. The second-order valence-corrected chi connectivity index (χ2v) is 4.38. The average Bonchev–Trinajstić information content (AvgIpc) is 2.45. The van der Waals surface area contributed by atoms with Crippen LogP contribution in [0.15, 0.2) is 24.3 Å². The van der Waals surface area contributed by atoms with Gasteiger partial charge in [0.1, 0.15) is 11.8 Å². The van der Waals surface area contributed by atoms with Crippen LogP contribution in [-0.2, 0) is 11.3 Å². The molecule has 6 nitrogen and oxygen atoms in total. The third kappa shape index (κ3) is 4.15. The SMILES string of the molecule is CCC(C(=O)O)N(C)C(=O)NCc1cccc(OC)c1. The van der Waals surface area contributed by atoms with Crippen LogP contribution in [0, 0.1) is 0 Å². The number of carbonyl (C=O) groups excluding carboxylic acids is 1. The van der Waals surface area contributed by atoms with Gasteiger partial charge in [0.25, 0.3) is 0 Å². The Hall–Kier alpha value is -2.24. The smallest absolute Gasteiger partial charge is 0.326 e. The molecule has 1 rings (SSSR count). The highest BCUT2D eigenvalue weighted by Crippen LogP contribution is 2.12. The molecule has 2 N–H and O–H groups in total. The molecule has 0 fully saturated rings. The van der Waals surface area contributed by atoms with E-state index < -0.39 is 18.0 Å². The molecule has 0 aliphatic heterocycles. The lowest BCUT2D eigenvalue weighted by molar-refractivity contribution is -0.141. The van der Waals surface area contributed by atoms with Crippen LogP contribution in [0.1, 0.15) is 18.9 Å². The van der Waals surface area contributed by atoms with Gasteiger partial charge >= 0.3 is 12.0 Å². The number of aliphatic carboxylic acids is 1. The van der Waals surface area contributed by atoms with Crippen molar-refractivity contribution in [2.24, 2.45) is 0 Å². The van der Waals surface area contributed by atoms with Gasteiger partial charge in [-0.05, 0) is 24.1 Å². The van der Waals surface area contributed by atoms with E-state index in [2.05, 4.69) is 5.32 Å². The van der Waals surface area contributed by atoms with Crippen LogP contribution in [-0.4, -0.2) is 42.2 Å². The van der Waals surface area contributed by atoms with Gasteiger partial charge in [-0.2, -0.15) is 0 Å². The van der Waals surface area contributed by atoms with Crippen LogP contribution in [0.4, 0.5) is 4.79 Å². The molecule has 20 heavy (non-hydrogen) atoms. The Morgan fingerprint density at radius 3 is 2.70 bits per heavy atom. The summed E-state index contributed by atoms with van der Waals surface area (Å²) in [5.74, 6) is -0.298. The average molecular weight is 280 g/mol. The largest absolute Gasteiger partial charge is 0.497 e. The standard InChI is InChI=1S/C14H20N2O4/c1-4-12(13(17)18)16(2)14(19)15-9-10-6-5-7-11(8-10)20-3/h5-8,12H,4,9H2,1-3H3,(H,15,19)(H,17,18). The third-order valence-electron chi connectivity index (χ3n) is 3.04. The van der Waals surface area contributed by atoms with Gasteiger partial charge in [-0.25, -0.2) is 9.59 Å². The number of rotatable bonds is 6. The molecule has 6 heteroatoms. The van der Waals surface area contributed by atoms with Gasteiger partial charge in [-0.15, -0.1) is 0 Å². The monoisotopic (exact) mass is 280 g/mol. The fraction of sp³-hybridized carbons (Fsp3) is 0.429. The number of hydrogen-bond acceptors (Lipinski definition) is 3. The van der Waals surface area contributed by atoms with E-state index >= 15 is 0 Å². The number of likely N-dealkylation sites (N-methyl/N-ethyl adjacent to an activating group) is 1. The van der Waals surface area contributed by atoms with E-state index in [4.69, 9.17) is 9.84 Å². The molecule has 0 bridgehead atoms. The number of urea groups is 1. The normalized spacial score (nSPS) is 11.6. The quantitative estimate of drug-likeness (QED) is 0.831. The van der Waals surface area contributed by atoms with Crippen molar-refractivity contribution in [1.29, 1.82) is 0 Å². The lowest BCUT2D eigenvalue weighted by Gasteiger charge is -2.24. The minimum Gasteiger partial charge on any atom is -0.497 e. The van der Waals surface area contributed by atoms with Crippen LogP contribution in [0.25, 0.3) is 0 Å². The number of carboxylic acid groups (broad SMARTS) is 1. The molecule has 0 saturated heterocycles. The van der Waals surface area contributed by atoms with Gasteiger partial charge in [-0.3, -0.25) is 0 Å². The first-order valence-electron chi connectivity index (χ1n) is 6.36. The summed E-state index contributed by atoms with van der Waals surface area (Å²) in [6.45, 7) is 2.04. The molecule has 0 heterocycles. The highest BCUT2D eigenvalue weighted by Gasteiger charge is 2.24. The van der Waals surface area contributed by atoms with Crippen LogP contribution >= 0.6 is 0 Å². The fourth-order valence-electron chi connectivity index (χ4n) is 1.84. The Balaban J connectivity index is 2.60. The van der Waals surface area contributed by atoms with Crippen molar-refractivity contribution in [2.45, 2.75) is 25.9 Å². The summed E-state index contributed by atoms with van der Waals surface area (Å²) in [5.41, 5.74) is 0.884. The number of methoxy groups -OCH3 is 1. The molecule has 1 aromatic carbocycles. The molecule has 0 saturated carbocycles. The van der Waals surface area contributed by atoms with Crippen molar-refractivity contribution in [3.63, 3.8) is 0 Å². The Morgan fingerprint density at radius 2 is 2.15 bits per heavy atom. The van der Waals surface area contributed by atoms with E-state index in [1.807, 2.05) is 24.3 Å². The molecule has 0 aromatic heterocycles. The molecule has 1 aromatic rings. The molecule has 110 valence electrons. The van der Waals surface area contributed by atoms with Gasteiger partial charge in [0.15, 0.2) is 0 Å². The van der Waals surface area contributed by atoms with Crippen molar-refractivity contribution in [1.82, 2.24) is 10.2 Å². The number of hydrogen-bond donors (Lipinski definition) is 2. The first kappa shape index (κ1) is 15.8. The molecule has 0 aliphatic rings. The molecule has 0 spiro atoms. The Labute approximate surface area is 118 Å². The highest BCUT2D eigenvalue weighted by molar-refractivity contribution is 5.82. The van der Waals surface area contributed by atoms with E-state index in [0.29, 0.717) is 18.7 Å². The predicted octanol–water partition coefficient (Wildman–Crippen LogP) is 1.70. The number of ether oxygens (including phenoxy) is 1. The molecule has 0 radical (unpaired) electrons. The zero-order valence-electron chi connectivity index (χ0n) is 11.9. The molecule has 1 unspecified atom stereocenters. The summed E-state index contributed by atoms with van der Waals surface area (Å²) in [7, 11) is 3.05. The van der Waals surface area contributed by atoms with Crippen molar-refractivity contribution < 1.29 is 19.4 Å². The highest BCUT2D eigenvalue weighted by atomic mass is 16.5. The summed E-state index contributed by atoms with van der Waals surface area (Å²) in [6, 6.07) is 6.08. The number of nitrogens with one attached hydrogen (secondary N) is 1. The number of nitrogens with zero attached hydrogens (tertiary/aromatic N) is 1. The lowest BCUT2D eigenvalue weighted by atomic mass is 10.2. The van der Waals surface area contributed by atoms with Crippen molar-refractivity contribution in [2.75, 3.05) is 14.2 Å². The number of carboxylic acids is 1. The predicted molar refractivity (Wildman–Crippen MR) is 74.7 cm³/mol. The molecular weight excluding hydrogens is 260 g/mol. The fourth-order valence-corrected chi connectivity index (χ4v) is 1.84. The topological polar surface area (TPSA) is 78.9 Å². The summed E-state index contributed by atoms with van der Waals surface area (Å²) >= 11 is 0. The Bertz CT molecular complexity index is 476. The Kier molecular flexibility index (Phi) is 5.83. The first-order chi connectivity index (χ1) is 9.49. The van der Waals surface area contributed by atoms with E-state index in [0.717, 1.165) is 5.56 Å². The molecule has 0 aliphatic carbocycles. The van der Waals surface area contributed by atoms with Crippen molar-refractivity contribution in [3.05, 3.63) is 29.8 Å². The Morgan fingerprint density at radius 1 is 1.45 bits per heavy atom. The van der Waals surface area contributed by atoms with Gasteiger partial charge in [-0.1, -0.05) is 19.1 Å². The van der Waals surface area contributed by atoms with Crippen LogP contribution < -0.4 is 10.1 Å². The van der Waals surface area contributed by atoms with Gasteiger partial charge in [0.2, 0.25) is 0 Å². The van der Waals surface area contributed by atoms with Crippen LogP contribution in [0.5, 0.6) is 5.75 Å². The maximum absolute atomic E-state index is 11.9. The number of amides is 2. The molecule has 2 amide bonds. The maximum atomic E-state index is 11.9. The van der Waals surface area contributed by atoms with E-state index in [1.165, 1.54) is 11.9 Å². The third-order valence-corrected chi connectivity index (χ3v) is 3.04. The van der Waals surface area contributed by atoms with Gasteiger partial charge < -0.3 is 20.1 Å². The zero-order valence-corrected chi connectivity index (χ0v) is 11.9. The summed E-state index contributed by atoms with van der Waals surface area (Å²) < 4.78 is 5.10. The second kappa shape index (κ2) is 7.37. The summed E-state index contributed by atoms with van der Waals surface area (Å²) in [5, 5.41) is 11.7. The van der Waals surface area contributed by atoms with E-state index in [-0.39, 0.29) is 0 Å². The lowest BCUT2D eigenvalue weighted by Crippen LogP contribution is -2.46. The first-order valence-corrected chi connectivity index (χ1v) is 6.36. The molecule has 1 atom stereocenters. The van der Waals surface area contributed by atoms with E-state index in [1.54, 1.807) is 14.0 Å². The number of benzene rings is 1. The minimum absolute atomic E-state index is 0.316. The van der Waals surface area contributed by atoms with Crippen LogP contribution in [0.3, 0.4) is 0 Å². The van der Waals surface area contributed by atoms with Crippen molar-refractivity contribution >= 4 is 12.0 Å². The van der Waals surface area contributed by atoms with E-state index in [9.17, 15) is 9.59 Å². The molecular formula is C14H20N2O4. The zero-order chi connectivity index (χ0) is 15.1. The minimum atomic E-state index is -1.01. The number of carbonyl (C=O) groups is 2. The second-order valence-electron chi connectivity index (χ2n) is 4.38. The summed E-state index contributed by atoms with van der Waals surface area (Å²) in [6.07, 6.45) is 0.360.